The van der Waals surface area contributed by atoms with Gasteiger partial charge < -0.3 is 15.0 Å². The molecule has 1 atom stereocenters. The molecule has 0 bridgehead atoms. The lowest BCUT2D eigenvalue weighted by Crippen LogP contribution is -2.41. The third kappa shape index (κ3) is 5.05. The Morgan fingerprint density at radius 1 is 1.03 bits per heavy atom. The maximum Gasteiger partial charge on any atom is 0.256 e. The van der Waals surface area contributed by atoms with Crippen molar-refractivity contribution in [3.63, 3.8) is 0 Å². The minimum Gasteiger partial charge on any atom is -0.378 e. The highest BCUT2D eigenvalue weighted by Crippen LogP contribution is 2.25. The standard InChI is InChI=1S/C21H25N3O5S/c1-23(30(2,27)28)19(16-8-4-3-5-9-16)20(25)22-18-11-7-6-10-17(18)21(26)24-12-14-29-15-13-24/h3-11,19H,12-15H2,1-2H3,(H,22,25)/t19-/m0/s1. The van der Waals surface area contributed by atoms with Crippen LogP contribution in [0.25, 0.3) is 0 Å². The van der Waals surface area contributed by atoms with Gasteiger partial charge in [0.1, 0.15) is 6.04 Å². The van der Waals surface area contributed by atoms with E-state index < -0.39 is 22.0 Å². The first-order chi connectivity index (χ1) is 14.3. The van der Waals surface area contributed by atoms with Crippen molar-refractivity contribution in [1.82, 2.24) is 9.21 Å². The normalized spacial score (nSPS) is 15.6. The van der Waals surface area contributed by atoms with Crippen LogP contribution in [0, 0.1) is 0 Å². The molecule has 2 aromatic carbocycles. The van der Waals surface area contributed by atoms with Gasteiger partial charge in [-0.25, -0.2) is 8.42 Å². The molecule has 2 aromatic rings. The molecule has 9 heteroatoms. The van der Waals surface area contributed by atoms with Gasteiger partial charge in [0, 0.05) is 20.1 Å². The molecule has 1 fully saturated rings. The van der Waals surface area contributed by atoms with E-state index in [2.05, 4.69) is 5.32 Å². The van der Waals surface area contributed by atoms with Gasteiger partial charge in [-0.3, -0.25) is 9.59 Å². The monoisotopic (exact) mass is 431 g/mol. The van der Waals surface area contributed by atoms with E-state index in [9.17, 15) is 18.0 Å². The van der Waals surface area contributed by atoms with E-state index >= 15 is 0 Å². The average molecular weight is 432 g/mol. The van der Waals surface area contributed by atoms with Gasteiger partial charge in [-0.1, -0.05) is 42.5 Å². The third-order valence-corrected chi connectivity index (χ3v) is 6.22. The van der Waals surface area contributed by atoms with Gasteiger partial charge in [0.2, 0.25) is 15.9 Å². The number of hydrogen-bond acceptors (Lipinski definition) is 5. The average Bonchev–Trinajstić information content (AvgIpc) is 2.74. The number of nitrogens with zero attached hydrogens (tertiary/aromatic N) is 2. The van der Waals surface area contributed by atoms with Gasteiger partial charge >= 0.3 is 0 Å². The second-order valence-corrected chi connectivity index (χ2v) is 9.07. The van der Waals surface area contributed by atoms with Crippen molar-refractivity contribution < 1.29 is 22.7 Å². The molecule has 3 rings (SSSR count). The summed E-state index contributed by atoms with van der Waals surface area (Å²) in [4.78, 5) is 27.8. The van der Waals surface area contributed by atoms with E-state index in [1.54, 1.807) is 59.5 Å². The van der Waals surface area contributed by atoms with Crippen LogP contribution in [0.2, 0.25) is 0 Å². The van der Waals surface area contributed by atoms with E-state index in [0.29, 0.717) is 43.1 Å². The van der Waals surface area contributed by atoms with Crippen LogP contribution in [0.4, 0.5) is 5.69 Å². The Morgan fingerprint density at radius 2 is 1.63 bits per heavy atom. The summed E-state index contributed by atoms with van der Waals surface area (Å²) in [5.41, 5.74) is 1.21. The fourth-order valence-corrected chi connectivity index (χ4v) is 3.87. The van der Waals surface area contributed by atoms with E-state index in [1.807, 2.05) is 0 Å². The number of rotatable bonds is 6. The zero-order valence-corrected chi connectivity index (χ0v) is 17.8. The van der Waals surface area contributed by atoms with Crippen molar-refractivity contribution >= 4 is 27.5 Å². The van der Waals surface area contributed by atoms with Crippen molar-refractivity contribution in [2.75, 3.05) is 44.9 Å². The van der Waals surface area contributed by atoms with E-state index in [0.717, 1.165) is 10.6 Å². The molecular weight excluding hydrogens is 406 g/mol. The summed E-state index contributed by atoms with van der Waals surface area (Å²) in [6.45, 7) is 1.89. The number of likely N-dealkylation sites (N-methyl/N-ethyl adjacent to an activating group) is 1. The lowest BCUT2D eigenvalue weighted by Gasteiger charge is -2.28. The minimum absolute atomic E-state index is 0.207. The van der Waals surface area contributed by atoms with Crippen molar-refractivity contribution in [2.24, 2.45) is 0 Å². The molecule has 0 radical (unpaired) electrons. The number of sulfonamides is 1. The largest absolute Gasteiger partial charge is 0.378 e. The van der Waals surface area contributed by atoms with E-state index in [1.165, 1.54) is 7.05 Å². The van der Waals surface area contributed by atoms with Gasteiger partial charge in [-0.2, -0.15) is 4.31 Å². The third-order valence-electron chi connectivity index (χ3n) is 4.96. The van der Waals surface area contributed by atoms with E-state index in [-0.39, 0.29) is 5.91 Å². The van der Waals surface area contributed by atoms with Crippen molar-refractivity contribution in [3.8, 4) is 0 Å². The molecule has 0 spiro atoms. The summed E-state index contributed by atoms with van der Waals surface area (Å²) < 4.78 is 30.6. The van der Waals surface area contributed by atoms with Crippen LogP contribution < -0.4 is 5.32 Å². The Morgan fingerprint density at radius 3 is 2.27 bits per heavy atom. The van der Waals surface area contributed by atoms with Crippen LogP contribution >= 0.6 is 0 Å². The van der Waals surface area contributed by atoms with Gasteiger partial charge in [-0.05, 0) is 17.7 Å². The Hall–Kier alpha value is -2.75. The number of amides is 2. The first-order valence-electron chi connectivity index (χ1n) is 9.54. The first-order valence-corrected chi connectivity index (χ1v) is 11.4. The maximum atomic E-state index is 13.2. The highest BCUT2D eigenvalue weighted by Gasteiger charge is 2.31. The smallest absolute Gasteiger partial charge is 0.256 e. The van der Waals surface area contributed by atoms with Crippen molar-refractivity contribution in [1.29, 1.82) is 0 Å². The molecule has 1 saturated heterocycles. The number of ether oxygens (including phenoxy) is 1. The quantitative estimate of drug-likeness (QED) is 0.752. The molecule has 30 heavy (non-hydrogen) atoms. The van der Waals surface area contributed by atoms with Crippen LogP contribution in [0.15, 0.2) is 54.6 Å². The zero-order valence-electron chi connectivity index (χ0n) is 16.9. The molecule has 0 aliphatic carbocycles. The number of benzene rings is 2. The highest BCUT2D eigenvalue weighted by atomic mass is 32.2. The second kappa shape index (κ2) is 9.38. The van der Waals surface area contributed by atoms with Gasteiger partial charge in [0.25, 0.3) is 5.91 Å². The predicted octanol–water partition coefficient (Wildman–Crippen LogP) is 1.73. The summed E-state index contributed by atoms with van der Waals surface area (Å²) in [6, 6.07) is 14.3. The summed E-state index contributed by atoms with van der Waals surface area (Å²) in [5, 5.41) is 2.76. The molecule has 1 aliphatic rings. The Balaban J connectivity index is 1.90. The Bertz CT molecular complexity index is 1000. The summed E-state index contributed by atoms with van der Waals surface area (Å²) >= 11 is 0. The second-order valence-electron chi connectivity index (χ2n) is 7.03. The number of nitrogens with one attached hydrogen (secondary N) is 1. The van der Waals surface area contributed by atoms with Crippen molar-refractivity contribution in [3.05, 3.63) is 65.7 Å². The fraction of sp³-hybridized carbons (Fsp3) is 0.333. The van der Waals surface area contributed by atoms with Crippen LogP contribution in [0.3, 0.4) is 0 Å². The Labute approximate surface area is 176 Å². The first kappa shape index (κ1) is 21.9. The summed E-state index contributed by atoms with van der Waals surface area (Å²) in [7, 11) is -2.29. The molecule has 1 N–H and O–H groups in total. The van der Waals surface area contributed by atoms with Crippen LogP contribution in [0.5, 0.6) is 0 Å². The molecule has 2 amide bonds. The topological polar surface area (TPSA) is 96.0 Å². The molecule has 160 valence electrons. The molecule has 8 nitrogen and oxygen atoms in total. The lowest BCUT2D eigenvalue weighted by molar-refractivity contribution is -0.119. The molecule has 0 saturated carbocycles. The van der Waals surface area contributed by atoms with Crippen LogP contribution in [0.1, 0.15) is 22.0 Å². The molecule has 0 aromatic heterocycles. The number of carbonyl (C=O) groups is 2. The molecule has 1 aliphatic heterocycles. The predicted molar refractivity (Wildman–Crippen MR) is 114 cm³/mol. The molecular formula is C21H25N3O5S. The van der Waals surface area contributed by atoms with Crippen LogP contribution in [-0.2, 0) is 19.6 Å². The highest BCUT2D eigenvalue weighted by molar-refractivity contribution is 7.88. The summed E-state index contributed by atoms with van der Waals surface area (Å²) in [5.74, 6) is -0.752. The van der Waals surface area contributed by atoms with Crippen molar-refractivity contribution in [2.45, 2.75) is 6.04 Å². The minimum atomic E-state index is -3.65. The Kier molecular flexibility index (Phi) is 6.86. The van der Waals surface area contributed by atoms with E-state index in [4.69, 9.17) is 4.74 Å². The SMILES string of the molecule is CN([C@H](C(=O)Nc1ccccc1C(=O)N1CCOCC1)c1ccccc1)S(C)(=O)=O. The van der Waals surface area contributed by atoms with Gasteiger partial charge in [-0.15, -0.1) is 0 Å². The number of anilines is 1. The summed E-state index contributed by atoms with van der Waals surface area (Å²) in [6.07, 6.45) is 1.05. The maximum absolute atomic E-state index is 13.2. The van der Waals surface area contributed by atoms with Crippen LogP contribution in [-0.4, -0.2) is 69.0 Å². The lowest BCUT2D eigenvalue weighted by atomic mass is 10.1. The zero-order chi connectivity index (χ0) is 21.7. The van der Waals surface area contributed by atoms with Gasteiger partial charge in [0.15, 0.2) is 0 Å². The number of hydrogen-bond donors (Lipinski definition) is 1. The number of para-hydroxylation sites is 1. The molecule has 0 unspecified atom stereocenters. The van der Waals surface area contributed by atoms with Gasteiger partial charge in [0.05, 0.1) is 30.7 Å². The fourth-order valence-electron chi connectivity index (χ4n) is 3.27. The molecule has 1 heterocycles. The number of carbonyl (C=O) groups excluding carboxylic acids is 2. The number of morpholine rings is 1.